The van der Waals surface area contributed by atoms with Gasteiger partial charge >= 0.3 is 5.97 Å². The number of rotatable bonds is 2. The van der Waals surface area contributed by atoms with Crippen LogP contribution in [0.2, 0.25) is 0 Å². The van der Waals surface area contributed by atoms with Gasteiger partial charge in [0.25, 0.3) is 0 Å². The van der Waals surface area contributed by atoms with Crippen LogP contribution in [0.1, 0.15) is 26.7 Å². The molecule has 3 N–H and O–H groups in total. The van der Waals surface area contributed by atoms with Crippen LogP contribution >= 0.6 is 0 Å². The van der Waals surface area contributed by atoms with E-state index in [0.29, 0.717) is 12.3 Å². The maximum Gasteiger partial charge on any atom is 0.306 e. The Morgan fingerprint density at radius 1 is 1.50 bits per heavy atom. The molecule has 3 nitrogen and oxygen atoms in total. The van der Waals surface area contributed by atoms with E-state index in [1.807, 2.05) is 0 Å². The Kier molecular flexibility index (Phi) is 2.73. The van der Waals surface area contributed by atoms with E-state index in [1.54, 1.807) is 0 Å². The van der Waals surface area contributed by atoms with Gasteiger partial charge in [0.15, 0.2) is 0 Å². The number of hydrogen-bond acceptors (Lipinski definition) is 2. The summed E-state index contributed by atoms with van der Waals surface area (Å²) in [6.45, 7) is 4.14. The van der Waals surface area contributed by atoms with Gasteiger partial charge in [-0.3, -0.25) is 4.79 Å². The number of carboxylic acid groups (broad SMARTS) is 1. The fraction of sp³-hybridized carbons (Fsp3) is 0.889. The van der Waals surface area contributed by atoms with Gasteiger partial charge in [-0.05, 0) is 24.7 Å². The Labute approximate surface area is 72.9 Å². The van der Waals surface area contributed by atoms with Crippen molar-refractivity contribution in [2.45, 2.75) is 32.7 Å². The number of hydrogen-bond donors (Lipinski definition) is 2. The molecule has 3 atom stereocenters. The molecule has 0 aromatic rings. The first-order valence-corrected chi connectivity index (χ1v) is 4.50. The Morgan fingerprint density at radius 2 is 2.08 bits per heavy atom. The number of carbonyl (C=O) groups is 1. The van der Waals surface area contributed by atoms with Crippen LogP contribution in [0.15, 0.2) is 0 Å². The van der Waals surface area contributed by atoms with Crippen LogP contribution in [0.5, 0.6) is 0 Å². The van der Waals surface area contributed by atoms with E-state index < -0.39 is 5.97 Å². The van der Waals surface area contributed by atoms with Gasteiger partial charge in [-0.15, -0.1) is 0 Å². The van der Waals surface area contributed by atoms with Gasteiger partial charge in [0.1, 0.15) is 0 Å². The van der Waals surface area contributed by atoms with Crippen LogP contribution in [0.4, 0.5) is 0 Å². The van der Waals surface area contributed by atoms with E-state index in [4.69, 9.17) is 10.8 Å². The third kappa shape index (κ3) is 1.78. The minimum Gasteiger partial charge on any atom is -0.481 e. The highest BCUT2D eigenvalue weighted by Crippen LogP contribution is 2.36. The molecule has 3 heteroatoms. The van der Waals surface area contributed by atoms with Gasteiger partial charge in [-0.1, -0.05) is 13.8 Å². The summed E-state index contributed by atoms with van der Waals surface area (Å²) >= 11 is 0. The summed E-state index contributed by atoms with van der Waals surface area (Å²) < 4.78 is 0. The largest absolute Gasteiger partial charge is 0.481 e. The van der Waals surface area contributed by atoms with Crippen LogP contribution in [0.3, 0.4) is 0 Å². The first kappa shape index (κ1) is 9.52. The van der Waals surface area contributed by atoms with Gasteiger partial charge in [-0.2, -0.15) is 0 Å². The maximum atomic E-state index is 10.8. The molecular weight excluding hydrogens is 154 g/mol. The molecule has 0 amide bonds. The highest BCUT2D eigenvalue weighted by molar-refractivity contribution is 5.71. The van der Waals surface area contributed by atoms with Gasteiger partial charge in [0, 0.05) is 6.04 Å². The lowest BCUT2D eigenvalue weighted by Gasteiger charge is -2.18. The highest BCUT2D eigenvalue weighted by Gasteiger charge is 2.38. The molecule has 0 aromatic heterocycles. The van der Waals surface area contributed by atoms with Crippen molar-refractivity contribution in [1.82, 2.24) is 0 Å². The summed E-state index contributed by atoms with van der Waals surface area (Å²) in [7, 11) is 0. The molecule has 0 spiro atoms. The average Bonchev–Trinajstić information content (AvgIpc) is 2.31. The second-order valence-electron chi connectivity index (χ2n) is 4.08. The van der Waals surface area contributed by atoms with Crippen molar-refractivity contribution in [2.75, 3.05) is 0 Å². The molecule has 0 saturated heterocycles. The second kappa shape index (κ2) is 3.44. The second-order valence-corrected chi connectivity index (χ2v) is 4.08. The zero-order chi connectivity index (χ0) is 9.30. The molecule has 0 bridgehead atoms. The van der Waals surface area contributed by atoms with Crippen molar-refractivity contribution in [3.05, 3.63) is 0 Å². The number of nitrogens with two attached hydrogens (primary N) is 1. The van der Waals surface area contributed by atoms with Crippen LogP contribution in [0.25, 0.3) is 0 Å². The molecule has 12 heavy (non-hydrogen) atoms. The van der Waals surface area contributed by atoms with Gasteiger partial charge in [0.05, 0.1) is 5.92 Å². The van der Waals surface area contributed by atoms with E-state index in [-0.39, 0.29) is 17.9 Å². The number of carboxylic acids is 1. The lowest BCUT2D eigenvalue weighted by molar-refractivity contribution is -0.143. The fourth-order valence-corrected chi connectivity index (χ4v) is 2.13. The monoisotopic (exact) mass is 171 g/mol. The lowest BCUT2D eigenvalue weighted by atomic mass is 9.86. The van der Waals surface area contributed by atoms with E-state index in [9.17, 15) is 4.79 Å². The summed E-state index contributed by atoms with van der Waals surface area (Å²) in [5.41, 5.74) is 5.73. The standard InChI is InChI=1S/C9H17NO2/c1-5(2)7-3-6(10)4-8(7)9(11)12/h5-8H,3-4,10H2,1-2H3,(H,11,12)/t6-,7+,8-/m0/s1. The molecule has 0 aromatic carbocycles. The molecule has 1 aliphatic carbocycles. The normalized spacial score (nSPS) is 35.8. The summed E-state index contributed by atoms with van der Waals surface area (Å²) in [5, 5.41) is 8.89. The number of aliphatic carboxylic acids is 1. The third-order valence-electron chi connectivity index (χ3n) is 2.82. The van der Waals surface area contributed by atoms with Crippen molar-refractivity contribution in [2.24, 2.45) is 23.5 Å². The lowest BCUT2D eigenvalue weighted by Crippen LogP contribution is -2.22. The Hall–Kier alpha value is -0.570. The van der Waals surface area contributed by atoms with Crippen molar-refractivity contribution < 1.29 is 9.90 Å². The minimum absolute atomic E-state index is 0.0958. The molecular formula is C9H17NO2. The van der Waals surface area contributed by atoms with Crippen LogP contribution in [-0.2, 0) is 4.79 Å². The molecule has 0 aliphatic heterocycles. The summed E-state index contributed by atoms with van der Waals surface area (Å²) in [6, 6.07) is 0.0958. The molecule has 1 aliphatic rings. The van der Waals surface area contributed by atoms with E-state index in [1.165, 1.54) is 0 Å². The molecule has 0 unspecified atom stereocenters. The molecule has 0 heterocycles. The molecule has 0 radical (unpaired) electrons. The maximum absolute atomic E-state index is 10.8. The van der Waals surface area contributed by atoms with E-state index >= 15 is 0 Å². The Morgan fingerprint density at radius 3 is 2.42 bits per heavy atom. The predicted octanol–water partition coefficient (Wildman–Crippen LogP) is 1.08. The van der Waals surface area contributed by atoms with Crippen molar-refractivity contribution in [1.29, 1.82) is 0 Å². The van der Waals surface area contributed by atoms with Crippen molar-refractivity contribution in [3.8, 4) is 0 Å². The van der Waals surface area contributed by atoms with Crippen LogP contribution in [0, 0.1) is 17.8 Å². The SMILES string of the molecule is CC(C)[C@H]1C[C@H](N)C[C@@H]1C(=O)O. The first-order valence-electron chi connectivity index (χ1n) is 4.50. The van der Waals surface area contributed by atoms with Crippen molar-refractivity contribution in [3.63, 3.8) is 0 Å². The third-order valence-corrected chi connectivity index (χ3v) is 2.82. The van der Waals surface area contributed by atoms with E-state index in [0.717, 1.165) is 6.42 Å². The first-order chi connectivity index (χ1) is 5.52. The van der Waals surface area contributed by atoms with Gasteiger partial charge < -0.3 is 10.8 Å². The Bertz CT molecular complexity index is 179. The zero-order valence-corrected chi connectivity index (χ0v) is 7.66. The summed E-state index contributed by atoms with van der Waals surface area (Å²) in [6.07, 6.45) is 1.52. The van der Waals surface area contributed by atoms with Crippen LogP contribution in [-0.4, -0.2) is 17.1 Å². The van der Waals surface area contributed by atoms with Crippen LogP contribution < -0.4 is 5.73 Å². The topological polar surface area (TPSA) is 63.3 Å². The fourth-order valence-electron chi connectivity index (χ4n) is 2.13. The van der Waals surface area contributed by atoms with E-state index in [2.05, 4.69) is 13.8 Å². The molecule has 70 valence electrons. The highest BCUT2D eigenvalue weighted by atomic mass is 16.4. The van der Waals surface area contributed by atoms with Gasteiger partial charge in [-0.25, -0.2) is 0 Å². The zero-order valence-electron chi connectivity index (χ0n) is 7.66. The van der Waals surface area contributed by atoms with Crippen molar-refractivity contribution >= 4 is 5.97 Å². The summed E-state index contributed by atoms with van der Waals surface area (Å²) in [4.78, 5) is 10.8. The molecule has 1 saturated carbocycles. The predicted molar refractivity (Wildman–Crippen MR) is 46.7 cm³/mol. The molecule has 1 rings (SSSR count). The summed E-state index contributed by atoms with van der Waals surface area (Å²) in [5.74, 6) is -0.182. The molecule has 1 fully saturated rings. The van der Waals surface area contributed by atoms with Gasteiger partial charge in [0.2, 0.25) is 0 Å². The average molecular weight is 171 g/mol. The smallest absolute Gasteiger partial charge is 0.306 e. The Balaban J connectivity index is 2.65. The quantitative estimate of drug-likeness (QED) is 0.653. The minimum atomic E-state index is -0.679.